The van der Waals surface area contributed by atoms with Gasteiger partial charge in [-0.2, -0.15) is 0 Å². The third-order valence-corrected chi connectivity index (χ3v) is 3.82. The fourth-order valence-corrected chi connectivity index (χ4v) is 2.64. The van der Waals surface area contributed by atoms with E-state index in [1.807, 2.05) is 42.5 Å². The lowest BCUT2D eigenvalue weighted by Crippen LogP contribution is -1.93. The van der Waals surface area contributed by atoms with Crippen LogP contribution in [0.1, 0.15) is 11.1 Å². The van der Waals surface area contributed by atoms with Crippen molar-refractivity contribution in [1.29, 1.82) is 0 Å². The number of benzene rings is 3. The molecule has 0 amide bonds. The van der Waals surface area contributed by atoms with E-state index >= 15 is 0 Å². The van der Waals surface area contributed by atoms with Crippen molar-refractivity contribution >= 4 is 10.8 Å². The van der Waals surface area contributed by atoms with Gasteiger partial charge < -0.3 is 14.6 Å². The SMILES string of the molecule is COc1cc2ccc(Cc3ccccc3)c(O)c2cc1OC. The van der Waals surface area contributed by atoms with E-state index in [1.165, 1.54) is 0 Å². The van der Waals surface area contributed by atoms with E-state index in [2.05, 4.69) is 12.1 Å². The molecule has 0 bridgehead atoms. The van der Waals surface area contributed by atoms with Gasteiger partial charge in [0.15, 0.2) is 11.5 Å². The Bertz CT molecular complexity index is 795. The second-order valence-electron chi connectivity index (χ2n) is 5.16. The lowest BCUT2D eigenvalue weighted by molar-refractivity contribution is 0.355. The monoisotopic (exact) mass is 294 g/mol. The summed E-state index contributed by atoms with van der Waals surface area (Å²) in [5, 5.41) is 12.3. The molecule has 0 saturated heterocycles. The molecule has 0 aliphatic heterocycles. The minimum Gasteiger partial charge on any atom is -0.507 e. The molecule has 0 aromatic heterocycles. The minimum absolute atomic E-state index is 0.294. The molecule has 0 radical (unpaired) electrons. The molecule has 1 N–H and O–H groups in total. The average molecular weight is 294 g/mol. The molecule has 22 heavy (non-hydrogen) atoms. The second kappa shape index (κ2) is 5.98. The van der Waals surface area contributed by atoms with Gasteiger partial charge in [-0.15, -0.1) is 0 Å². The average Bonchev–Trinajstić information content (AvgIpc) is 2.57. The molecule has 3 aromatic carbocycles. The van der Waals surface area contributed by atoms with Crippen LogP contribution in [0.25, 0.3) is 10.8 Å². The first-order valence-electron chi connectivity index (χ1n) is 7.13. The normalized spacial score (nSPS) is 10.6. The van der Waals surface area contributed by atoms with Gasteiger partial charge in [0.2, 0.25) is 0 Å². The first kappa shape index (κ1) is 14.3. The molecule has 0 aliphatic rings. The van der Waals surface area contributed by atoms with Crippen LogP contribution >= 0.6 is 0 Å². The number of hydrogen-bond donors (Lipinski definition) is 1. The maximum absolute atomic E-state index is 10.6. The number of phenols is 1. The summed E-state index contributed by atoms with van der Waals surface area (Å²) < 4.78 is 10.6. The maximum Gasteiger partial charge on any atom is 0.161 e. The molecule has 0 unspecified atom stereocenters. The van der Waals surface area contributed by atoms with E-state index < -0.39 is 0 Å². The third-order valence-electron chi connectivity index (χ3n) is 3.82. The number of aromatic hydroxyl groups is 1. The molecular weight excluding hydrogens is 276 g/mol. The standard InChI is InChI=1S/C19H18O3/c1-21-17-11-14-8-9-15(10-13-6-4-3-5-7-13)19(20)16(14)12-18(17)22-2/h3-9,11-12,20H,10H2,1-2H3. The van der Waals surface area contributed by atoms with Crippen LogP contribution < -0.4 is 9.47 Å². The van der Waals surface area contributed by atoms with Crippen LogP contribution in [0.2, 0.25) is 0 Å². The van der Waals surface area contributed by atoms with Crippen molar-refractivity contribution in [3.8, 4) is 17.2 Å². The number of ether oxygens (including phenoxy) is 2. The highest BCUT2D eigenvalue weighted by Gasteiger charge is 2.12. The summed E-state index contributed by atoms with van der Waals surface area (Å²) in [5.74, 6) is 1.56. The molecule has 0 saturated carbocycles. The first-order valence-corrected chi connectivity index (χ1v) is 7.13. The van der Waals surface area contributed by atoms with Gasteiger partial charge in [0.25, 0.3) is 0 Å². The van der Waals surface area contributed by atoms with E-state index in [0.29, 0.717) is 23.7 Å². The van der Waals surface area contributed by atoms with E-state index in [1.54, 1.807) is 14.2 Å². The van der Waals surface area contributed by atoms with Crippen LogP contribution in [0.15, 0.2) is 54.6 Å². The van der Waals surface area contributed by atoms with Crippen LogP contribution in [0.4, 0.5) is 0 Å². The molecule has 0 spiro atoms. The zero-order valence-corrected chi connectivity index (χ0v) is 12.7. The Balaban J connectivity index is 2.08. The Kier molecular flexibility index (Phi) is 3.88. The number of phenolic OH excluding ortho intramolecular Hbond substituents is 1. The molecule has 0 atom stereocenters. The zero-order valence-electron chi connectivity index (χ0n) is 12.7. The van der Waals surface area contributed by atoms with Gasteiger partial charge in [-0.1, -0.05) is 42.5 Å². The van der Waals surface area contributed by atoms with E-state index in [0.717, 1.165) is 21.9 Å². The van der Waals surface area contributed by atoms with Gasteiger partial charge in [-0.25, -0.2) is 0 Å². The van der Waals surface area contributed by atoms with E-state index in [4.69, 9.17) is 9.47 Å². The number of rotatable bonds is 4. The summed E-state index contributed by atoms with van der Waals surface area (Å²) in [4.78, 5) is 0. The summed E-state index contributed by atoms with van der Waals surface area (Å²) >= 11 is 0. The molecule has 3 rings (SSSR count). The van der Waals surface area contributed by atoms with Gasteiger partial charge >= 0.3 is 0 Å². The van der Waals surface area contributed by atoms with Crippen molar-refractivity contribution in [2.75, 3.05) is 14.2 Å². The van der Waals surface area contributed by atoms with Crippen molar-refractivity contribution in [3.63, 3.8) is 0 Å². The molecular formula is C19H18O3. The van der Waals surface area contributed by atoms with Crippen LogP contribution in [0.3, 0.4) is 0 Å². The van der Waals surface area contributed by atoms with Crippen LogP contribution in [0.5, 0.6) is 17.2 Å². The Morgan fingerprint density at radius 1 is 0.864 bits per heavy atom. The van der Waals surface area contributed by atoms with Crippen molar-refractivity contribution in [1.82, 2.24) is 0 Å². The first-order chi connectivity index (χ1) is 10.7. The number of fused-ring (bicyclic) bond motifs is 1. The summed E-state index contributed by atoms with van der Waals surface area (Å²) in [6.45, 7) is 0. The largest absolute Gasteiger partial charge is 0.507 e. The highest BCUT2D eigenvalue weighted by molar-refractivity contribution is 5.92. The minimum atomic E-state index is 0.294. The quantitative estimate of drug-likeness (QED) is 0.785. The van der Waals surface area contributed by atoms with Crippen molar-refractivity contribution in [2.45, 2.75) is 6.42 Å². The van der Waals surface area contributed by atoms with E-state index in [-0.39, 0.29) is 0 Å². The van der Waals surface area contributed by atoms with Gasteiger partial charge in [0.05, 0.1) is 14.2 Å². The molecule has 0 heterocycles. The second-order valence-corrected chi connectivity index (χ2v) is 5.16. The Morgan fingerprint density at radius 2 is 1.55 bits per heavy atom. The summed E-state index contributed by atoms with van der Waals surface area (Å²) in [5.41, 5.74) is 2.06. The fourth-order valence-electron chi connectivity index (χ4n) is 2.64. The summed E-state index contributed by atoms with van der Waals surface area (Å²) in [7, 11) is 3.20. The number of methoxy groups -OCH3 is 2. The molecule has 3 aromatic rings. The van der Waals surface area contributed by atoms with Crippen LogP contribution in [-0.2, 0) is 6.42 Å². The lowest BCUT2D eigenvalue weighted by Gasteiger charge is -2.12. The zero-order chi connectivity index (χ0) is 15.5. The highest BCUT2D eigenvalue weighted by atomic mass is 16.5. The Hall–Kier alpha value is -2.68. The predicted octanol–water partition coefficient (Wildman–Crippen LogP) is 4.15. The van der Waals surface area contributed by atoms with Crippen LogP contribution in [-0.4, -0.2) is 19.3 Å². The smallest absolute Gasteiger partial charge is 0.161 e. The van der Waals surface area contributed by atoms with Gasteiger partial charge in [0, 0.05) is 11.8 Å². The lowest BCUT2D eigenvalue weighted by atomic mass is 9.99. The Labute approximate surface area is 129 Å². The van der Waals surface area contributed by atoms with Crippen LogP contribution in [0, 0.1) is 0 Å². The topological polar surface area (TPSA) is 38.7 Å². The Morgan fingerprint density at radius 3 is 2.23 bits per heavy atom. The maximum atomic E-state index is 10.6. The molecule has 3 heteroatoms. The summed E-state index contributed by atoms with van der Waals surface area (Å²) in [6.07, 6.45) is 0.691. The van der Waals surface area contributed by atoms with Crippen molar-refractivity contribution < 1.29 is 14.6 Å². The highest BCUT2D eigenvalue weighted by Crippen LogP contribution is 2.38. The number of hydrogen-bond acceptors (Lipinski definition) is 3. The molecule has 0 fully saturated rings. The summed E-state index contributed by atoms with van der Waals surface area (Å²) in [6, 6.07) is 17.7. The predicted molar refractivity (Wildman–Crippen MR) is 88.0 cm³/mol. The van der Waals surface area contributed by atoms with E-state index in [9.17, 15) is 5.11 Å². The van der Waals surface area contributed by atoms with Crippen molar-refractivity contribution in [2.24, 2.45) is 0 Å². The van der Waals surface area contributed by atoms with Crippen molar-refractivity contribution in [3.05, 3.63) is 65.7 Å². The molecule has 112 valence electrons. The molecule has 3 nitrogen and oxygen atoms in total. The van der Waals surface area contributed by atoms with Gasteiger partial charge in [0.1, 0.15) is 5.75 Å². The fraction of sp³-hybridized carbons (Fsp3) is 0.158. The van der Waals surface area contributed by atoms with Gasteiger partial charge in [-0.3, -0.25) is 0 Å². The molecule has 0 aliphatic carbocycles. The van der Waals surface area contributed by atoms with Gasteiger partial charge in [-0.05, 0) is 28.6 Å². The third kappa shape index (κ3) is 2.58.